The van der Waals surface area contributed by atoms with Gasteiger partial charge in [0.2, 0.25) is 10.0 Å². The van der Waals surface area contributed by atoms with Crippen LogP contribution in [-0.2, 0) is 10.0 Å². The Hall–Kier alpha value is -3.18. The fraction of sp³-hybridized carbons (Fsp3) is 0.409. The molecule has 2 aliphatic heterocycles. The maximum Gasteiger partial charge on any atom is 0.319 e. The summed E-state index contributed by atoms with van der Waals surface area (Å²) in [5.74, 6) is 0. The van der Waals surface area contributed by atoms with Gasteiger partial charge in [-0.15, -0.1) is 0 Å². The normalized spacial score (nSPS) is 17.6. The summed E-state index contributed by atoms with van der Waals surface area (Å²) in [6.07, 6.45) is 2.82. The number of urea groups is 1. The molecule has 0 bridgehead atoms. The molecule has 10 nitrogen and oxygen atoms in total. The predicted molar refractivity (Wildman–Crippen MR) is 125 cm³/mol. The third-order valence-electron chi connectivity index (χ3n) is 6.04. The van der Waals surface area contributed by atoms with Crippen molar-refractivity contribution in [2.24, 2.45) is 0 Å². The van der Waals surface area contributed by atoms with Crippen molar-refractivity contribution in [2.45, 2.75) is 36.6 Å². The Morgan fingerprint density at radius 2 is 1.67 bits per heavy atom. The lowest BCUT2D eigenvalue weighted by Gasteiger charge is -2.35. The van der Waals surface area contributed by atoms with Crippen molar-refractivity contribution in [2.75, 3.05) is 36.4 Å². The second kappa shape index (κ2) is 9.75. The van der Waals surface area contributed by atoms with Crippen LogP contribution in [0.4, 0.5) is 21.9 Å². The Morgan fingerprint density at radius 1 is 1.00 bits per heavy atom. The lowest BCUT2D eigenvalue weighted by atomic mass is 10.0. The molecule has 2 N–H and O–H groups in total. The number of sulfonamides is 1. The number of para-hydroxylation sites is 1. The van der Waals surface area contributed by atoms with Crippen molar-refractivity contribution in [3.8, 4) is 0 Å². The van der Waals surface area contributed by atoms with E-state index in [4.69, 9.17) is 0 Å². The van der Waals surface area contributed by atoms with E-state index in [-0.39, 0.29) is 22.7 Å². The molecule has 0 unspecified atom stereocenters. The molecule has 0 atom stereocenters. The van der Waals surface area contributed by atoms with Crippen molar-refractivity contribution in [3.63, 3.8) is 0 Å². The smallest absolute Gasteiger partial charge is 0.319 e. The van der Waals surface area contributed by atoms with Crippen LogP contribution >= 0.6 is 0 Å². The molecule has 0 spiro atoms. The third-order valence-corrected chi connectivity index (χ3v) is 7.97. The molecule has 176 valence electrons. The zero-order valence-electron chi connectivity index (χ0n) is 18.1. The number of non-ortho nitro benzene ring substituents is 1. The van der Waals surface area contributed by atoms with Crippen LogP contribution in [0.3, 0.4) is 0 Å². The van der Waals surface area contributed by atoms with Crippen LogP contribution in [0.25, 0.3) is 0 Å². The number of amides is 2. The summed E-state index contributed by atoms with van der Waals surface area (Å²) in [4.78, 5) is 24.9. The molecule has 2 fully saturated rings. The lowest BCUT2D eigenvalue weighted by Crippen LogP contribution is -2.46. The number of nitro benzene ring substituents is 1. The standard InChI is InChI=1S/C22H27N5O5S/c28-22(23-17-6-2-1-3-7-17)24-18-10-14-25(15-11-18)20-9-8-19(27(29)30)16-21(20)33(31,32)26-12-4-5-13-26/h1-3,6-9,16,18H,4-5,10-15H2,(H2,23,24,28). The van der Waals surface area contributed by atoms with E-state index < -0.39 is 14.9 Å². The molecule has 11 heteroatoms. The van der Waals surface area contributed by atoms with Crippen LogP contribution in [0, 0.1) is 10.1 Å². The molecule has 0 aliphatic carbocycles. The molecule has 2 saturated heterocycles. The molecule has 33 heavy (non-hydrogen) atoms. The Balaban J connectivity index is 1.46. The van der Waals surface area contributed by atoms with Crippen LogP contribution in [0.15, 0.2) is 53.4 Å². The number of nitro groups is 1. The van der Waals surface area contributed by atoms with Gasteiger partial charge in [0, 0.05) is 50.0 Å². The van der Waals surface area contributed by atoms with Crippen LogP contribution in [0.5, 0.6) is 0 Å². The highest BCUT2D eigenvalue weighted by Crippen LogP contribution is 2.34. The van der Waals surface area contributed by atoms with Gasteiger partial charge >= 0.3 is 6.03 Å². The molecular formula is C22H27N5O5S. The van der Waals surface area contributed by atoms with E-state index in [1.54, 1.807) is 12.1 Å². The molecular weight excluding hydrogens is 446 g/mol. The van der Waals surface area contributed by atoms with Gasteiger partial charge in [-0.25, -0.2) is 13.2 Å². The van der Waals surface area contributed by atoms with Gasteiger partial charge in [-0.3, -0.25) is 10.1 Å². The molecule has 2 aromatic carbocycles. The SMILES string of the molecule is O=C(Nc1ccccc1)NC1CCN(c2ccc([N+](=O)[O-])cc2S(=O)(=O)N2CCCC2)CC1. The van der Waals surface area contributed by atoms with Gasteiger partial charge in [0.05, 0.1) is 10.6 Å². The second-order valence-electron chi connectivity index (χ2n) is 8.25. The fourth-order valence-corrected chi connectivity index (χ4v) is 6.04. The van der Waals surface area contributed by atoms with E-state index in [2.05, 4.69) is 10.6 Å². The summed E-state index contributed by atoms with van der Waals surface area (Å²) in [7, 11) is -3.83. The highest BCUT2D eigenvalue weighted by atomic mass is 32.2. The fourth-order valence-electron chi connectivity index (χ4n) is 4.29. The second-order valence-corrected chi connectivity index (χ2v) is 10.2. The van der Waals surface area contributed by atoms with E-state index in [0.717, 1.165) is 12.8 Å². The Kier molecular flexibility index (Phi) is 6.80. The number of hydrogen-bond donors (Lipinski definition) is 2. The van der Waals surface area contributed by atoms with Gasteiger partial charge in [-0.1, -0.05) is 18.2 Å². The van der Waals surface area contributed by atoms with Crippen molar-refractivity contribution in [3.05, 3.63) is 58.6 Å². The van der Waals surface area contributed by atoms with Crippen LogP contribution < -0.4 is 15.5 Å². The summed E-state index contributed by atoms with van der Waals surface area (Å²) in [6, 6.07) is 12.9. The van der Waals surface area contributed by atoms with Crippen molar-refractivity contribution in [1.29, 1.82) is 0 Å². The number of anilines is 2. The largest absolute Gasteiger partial charge is 0.370 e. The average molecular weight is 474 g/mol. The summed E-state index contributed by atoms with van der Waals surface area (Å²) in [6.45, 7) is 1.90. The average Bonchev–Trinajstić information content (AvgIpc) is 3.36. The van der Waals surface area contributed by atoms with E-state index in [0.29, 0.717) is 50.4 Å². The number of nitrogens with zero attached hydrogens (tertiary/aromatic N) is 3. The summed E-state index contributed by atoms with van der Waals surface area (Å²) in [5.41, 5.74) is 0.931. The van der Waals surface area contributed by atoms with Crippen molar-refractivity contribution in [1.82, 2.24) is 9.62 Å². The molecule has 0 radical (unpaired) electrons. The topological polar surface area (TPSA) is 125 Å². The Bertz CT molecular complexity index is 1110. The van der Waals surface area contributed by atoms with Crippen molar-refractivity contribution < 1.29 is 18.1 Å². The molecule has 0 saturated carbocycles. The van der Waals surface area contributed by atoms with E-state index >= 15 is 0 Å². The Labute approximate surface area is 192 Å². The highest BCUT2D eigenvalue weighted by Gasteiger charge is 2.33. The maximum atomic E-state index is 13.3. The first-order chi connectivity index (χ1) is 15.8. The number of hydrogen-bond acceptors (Lipinski definition) is 6. The van der Waals surface area contributed by atoms with Crippen molar-refractivity contribution >= 4 is 33.1 Å². The monoisotopic (exact) mass is 473 g/mol. The van der Waals surface area contributed by atoms with Crippen LogP contribution in [-0.4, -0.2) is 55.9 Å². The van der Waals surface area contributed by atoms with Gasteiger partial charge < -0.3 is 15.5 Å². The zero-order chi connectivity index (χ0) is 23.4. The van der Waals surface area contributed by atoms with Gasteiger partial charge in [-0.05, 0) is 43.9 Å². The molecule has 2 aromatic rings. The van der Waals surface area contributed by atoms with Gasteiger partial charge in [0.15, 0.2) is 0 Å². The van der Waals surface area contributed by atoms with Crippen LogP contribution in [0.1, 0.15) is 25.7 Å². The van der Waals surface area contributed by atoms with Crippen LogP contribution in [0.2, 0.25) is 0 Å². The van der Waals surface area contributed by atoms with E-state index in [9.17, 15) is 23.3 Å². The first-order valence-electron chi connectivity index (χ1n) is 11.0. The first-order valence-corrected chi connectivity index (χ1v) is 12.4. The van der Waals surface area contributed by atoms with E-state index in [1.165, 1.54) is 22.5 Å². The molecule has 4 rings (SSSR count). The van der Waals surface area contributed by atoms with E-state index in [1.807, 2.05) is 23.1 Å². The zero-order valence-corrected chi connectivity index (χ0v) is 19.0. The van der Waals surface area contributed by atoms with Gasteiger partial charge in [-0.2, -0.15) is 4.31 Å². The molecule has 2 heterocycles. The summed E-state index contributed by atoms with van der Waals surface area (Å²) in [5, 5.41) is 17.1. The predicted octanol–water partition coefficient (Wildman–Crippen LogP) is 3.17. The minimum atomic E-state index is -3.83. The number of carbonyl (C=O) groups excluding carboxylic acids is 1. The number of piperidine rings is 1. The third kappa shape index (κ3) is 5.25. The van der Waals surface area contributed by atoms with Gasteiger partial charge in [0.25, 0.3) is 5.69 Å². The Morgan fingerprint density at radius 3 is 2.30 bits per heavy atom. The summed E-state index contributed by atoms with van der Waals surface area (Å²) < 4.78 is 27.9. The highest BCUT2D eigenvalue weighted by molar-refractivity contribution is 7.89. The number of nitrogens with one attached hydrogen (secondary N) is 2. The number of benzene rings is 2. The summed E-state index contributed by atoms with van der Waals surface area (Å²) >= 11 is 0. The molecule has 2 aliphatic rings. The number of carbonyl (C=O) groups is 1. The quantitative estimate of drug-likeness (QED) is 0.490. The molecule has 0 aromatic heterocycles. The lowest BCUT2D eigenvalue weighted by molar-refractivity contribution is -0.385. The van der Waals surface area contributed by atoms with Gasteiger partial charge in [0.1, 0.15) is 4.90 Å². The minimum absolute atomic E-state index is 0.0215. The maximum absolute atomic E-state index is 13.3. The molecule has 2 amide bonds. The minimum Gasteiger partial charge on any atom is -0.370 e. The first kappa shape index (κ1) is 23.0. The number of rotatable bonds is 6.